The Labute approximate surface area is 124 Å². The number of ether oxygens (including phenoxy) is 1. The molecule has 108 valence electrons. The number of nitrogens with two attached hydrogens (primary N) is 1. The molecule has 0 spiro atoms. The molecular weight excluding hydrogens is 272 g/mol. The first-order valence-electron chi connectivity index (χ1n) is 6.79. The minimum absolute atomic E-state index is 0.0482. The van der Waals surface area contributed by atoms with Gasteiger partial charge in [0.15, 0.2) is 0 Å². The van der Waals surface area contributed by atoms with Gasteiger partial charge < -0.3 is 15.8 Å². The van der Waals surface area contributed by atoms with Gasteiger partial charge in [-0.3, -0.25) is 4.79 Å². The lowest BCUT2D eigenvalue weighted by Crippen LogP contribution is -2.55. The van der Waals surface area contributed by atoms with Gasteiger partial charge in [-0.2, -0.15) is 0 Å². The zero-order valence-corrected chi connectivity index (χ0v) is 12.5. The minimum atomic E-state index is -0.481. The van der Waals surface area contributed by atoms with E-state index in [1.165, 1.54) is 0 Å². The fraction of sp³-hybridized carbons (Fsp3) is 0.467. The van der Waals surface area contributed by atoms with Crippen LogP contribution in [0.15, 0.2) is 24.3 Å². The summed E-state index contributed by atoms with van der Waals surface area (Å²) >= 11 is 5.13. The maximum Gasteiger partial charge on any atom is 0.225 e. The lowest BCUT2D eigenvalue weighted by molar-refractivity contribution is -0.121. The molecule has 1 aromatic carbocycles. The van der Waals surface area contributed by atoms with Crippen molar-refractivity contribution in [2.24, 2.45) is 5.73 Å². The van der Waals surface area contributed by atoms with Crippen LogP contribution in [0.2, 0.25) is 0 Å². The van der Waals surface area contributed by atoms with Gasteiger partial charge in [-0.1, -0.05) is 37.2 Å². The summed E-state index contributed by atoms with van der Waals surface area (Å²) in [6, 6.07) is 7.50. The van der Waals surface area contributed by atoms with Crippen LogP contribution in [0.3, 0.4) is 0 Å². The van der Waals surface area contributed by atoms with Crippen LogP contribution in [-0.4, -0.2) is 23.5 Å². The van der Waals surface area contributed by atoms with Gasteiger partial charge in [0.1, 0.15) is 5.75 Å². The quantitative estimate of drug-likeness (QED) is 0.814. The zero-order chi connectivity index (χ0) is 14.6. The van der Waals surface area contributed by atoms with E-state index in [4.69, 9.17) is 22.7 Å². The van der Waals surface area contributed by atoms with Gasteiger partial charge in [-0.05, 0) is 30.5 Å². The molecule has 1 saturated carbocycles. The van der Waals surface area contributed by atoms with E-state index in [9.17, 15) is 4.79 Å². The number of methoxy groups -OCH3 is 1. The number of thiocarbonyl (C=S) groups is 1. The molecule has 5 heteroatoms. The van der Waals surface area contributed by atoms with Crippen molar-refractivity contribution in [1.82, 2.24) is 5.32 Å². The highest BCUT2D eigenvalue weighted by Gasteiger charge is 2.37. The number of benzene rings is 1. The second-order valence-electron chi connectivity index (χ2n) is 5.23. The highest BCUT2D eigenvalue weighted by Crippen LogP contribution is 2.30. The topological polar surface area (TPSA) is 64.3 Å². The molecule has 1 aromatic rings. The van der Waals surface area contributed by atoms with E-state index in [0.29, 0.717) is 11.4 Å². The summed E-state index contributed by atoms with van der Waals surface area (Å²) in [6.07, 6.45) is 4.09. The summed E-state index contributed by atoms with van der Waals surface area (Å²) in [7, 11) is 1.61. The molecule has 0 atom stereocenters. The molecular formula is C15H20N2O2S. The Morgan fingerprint density at radius 1 is 1.45 bits per heavy atom. The summed E-state index contributed by atoms with van der Waals surface area (Å²) < 4.78 is 5.16. The fourth-order valence-corrected chi connectivity index (χ4v) is 2.95. The number of hydrogen-bond acceptors (Lipinski definition) is 3. The van der Waals surface area contributed by atoms with Crippen molar-refractivity contribution in [2.75, 3.05) is 7.11 Å². The molecule has 0 heterocycles. The summed E-state index contributed by atoms with van der Waals surface area (Å²) in [5.74, 6) is 0.702. The normalized spacial score (nSPS) is 16.6. The average molecular weight is 292 g/mol. The lowest BCUT2D eigenvalue weighted by Gasteiger charge is -2.29. The standard InChI is InChI=1S/C15H20N2O2S/c1-19-12-6-4-5-11(9-12)10-13(18)17-15(14(16)20)7-2-3-8-15/h4-6,9H,2-3,7-8,10H2,1H3,(H2,16,20)(H,17,18). The Balaban J connectivity index is 2.02. The van der Waals surface area contributed by atoms with Gasteiger partial charge in [-0.25, -0.2) is 0 Å². The lowest BCUT2D eigenvalue weighted by atomic mass is 9.97. The predicted molar refractivity (Wildman–Crippen MR) is 82.8 cm³/mol. The first-order chi connectivity index (χ1) is 9.55. The van der Waals surface area contributed by atoms with Crippen molar-refractivity contribution in [3.63, 3.8) is 0 Å². The SMILES string of the molecule is COc1cccc(CC(=O)NC2(C(N)=S)CCCC2)c1. The van der Waals surface area contributed by atoms with Gasteiger partial charge in [-0.15, -0.1) is 0 Å². The Kier molecular flexibility index (Phi) is 4.60. The van der Waals surface area contributed by atoms with Crippen LogP contribution in [0.1, 0.15) is 31.2 Å². The molecule has 0 saturated heterocycles. The largest absolute Gasteiger partial charge is 0.497 e. The smallest absolute Gasteiger partial charge is 0.225 e. The summed E-state index contributed by atoms with van der Waals surface area (Å²) in [5, 5.41) is 3.03. The number of carbonyl (C=O) groups excluding carboxylic acids is 1. The van der Waals surface area contributed by atoms with Gasteiger partial charge in [0.25, 0.3) is 0 Å². The van der Waals surface area contributed by atoms with E-state index in [2.05, 4.69) is 5.32 Å². The maximum absolute atomic E-state index is 12.2. The fourth-order valence-electron chi connectivity index (χ4n) is 2.69. The highest BCUT2D eigenvalue weighted by atomic mass is 32.1. The summed E-state index contributed by atoms with van der Waals surface area (Å²) in [5.41, 5.74) is 6.25. The molecule has 1 aliphatic rings. The van der Waals surface area contributed by atoms with E-state index < -0.39 is 5.54 Å². The van der Waals surface area contributed by atoms with E-state index in [1.54, 1.807) is 7.11 Å². The van der Waals surface area contributed by atoms with Crippen molar-refractivity contribution in [3.05, 3.63) is 29.8 Å². The third-order valence-corrected chi connectivity index (χ3v) is 4.20. The third kappa shape index (κ3) is 3.28. The predicted octanol–water partition coefficient (Wildman–Crippen LogP) is 1.95. The number of rotatable bonds is 5. The second-order valence-corrected chi connectivity index (χ2v) is 5.67. The Hall–Kier alpha value is -1.62. The molecule has 0 radical (unpaired) electrons. The molecule has 1 amide bonds. The highest BCUT2D eigenvalue weighted by molar-refractivity contribution is 7.80. The van der Waals surface area contributed by atoms with Gasteiger partial charge in [0.2, 0.25) is 5.91 Å². The zero-order valence-electron chi connectivity index (χ0n) is 11.6. The van der Waals surface area contributed by atoms with Crippen LogP contribution in [0.5, 0.6) is 5.75 Å². The second kappa shape index (κ2) is 6.22. The molecule has 1 aliphatic carbocycles. The number of amides is 1. The number of carbonyl (C=O) groups is 1. The molecule has 0 unspecified atom stereocenters. The number of nitrogens with one attached hydrogen (secondary N) is 1. The van der Waals surface area contributed by atoms with Crippen LogP contribution in [0, 0.1) is 0 Å². The molecule has 3 N–H and O–H groups in total. The first kappa shape index (κ1) is 14.8. The molecule has 0 aliphatic heterocycles. The number of hydrogen-bond donors (Lipinski definition) is 2. The van der Waals surface area contributed by atoms with E-state index >= 15 is 0 Å². The molecule has 20 heavy (non-hydrogen) atoms. The molecule has 1 fully saturated rings. The third-order valence-electron chi connectivity index (χ3n) is 3.81. The van der Waals surface area contributed by atoms with E-state index in [-0.39, 0.29) is 5.91 Å². The Bertz CT molecular complexity index is 510. The van der Waals surface area contributed by atoms with Crippen LogP contribution in [0.25, 0.3) is 0 Å². The molecule has 0 aromatic heterocycles. The van der Waals surface area contributed by atoms with Gasteiger partial charge >= 0.3 is 0 Å². The summed E-state index contributed by atoms with van der Waals surface area (Å²) in [6.45, 7) is 0. The minimum Gasteiger partial charge on any atom is -0.497 e. The van der Waals surface area contributed by atoms with Crippen LogP contribution in [-0.2, 0) is 11.2 Å². The first-order valence-corrected chi connectivity index (χ1v) is 7.20. The van der Waals surface area contributed by atoms with Gasteiger partial charge in [0, 0.05) is 0 Å². The van der Waals surface area contributed by atoms with Crippen LogP contribution in [0.4, 0.5) is 0 Å². The van der Waals surface area contributed by atoms with E-state index in [1.807, 2.05) is 24.3 Å². The Morgan fingerprint density at radius 2 is 2.15 bits per heavy atom. The van der Waals surface area contributed by atoms with Crippen molar-refractivity contribution >= 4 is 23.1 Å². The molecule has 0 bridgehead atoms. The van der Waals surface area contributed by atoms with Crippen molar-refractivity contribution in [3.8, 4) is 5.75 Å². The molecule has 4 nitrogen and oxygen atoms in total. The van der Waals surface area contributed by atoms with Crippen LogP contribution >= 0.6 is 12.2 Å². The summed E-state index contributed by atoms with van der Waals surface area (Å²) in [4.78, 5) is 12.6. The molecule has 2 rings (SSSR count). The maximum atomic E-state index is 12.2. The monoisotopic (exact) mass is 292 g/mol. The van der Waals surface area contributed by atoms with Crippen molar-refractivity contribution < 1.29 is 9.53 Å². The van der Waals surface area contributed by atoms with Crippen molar-refractivity contribution in [2.45, 2.75) is 37.6 Å². The van der Waals surface area contributed by atoms with Crippen LogP contribution < -0.4 is 15.8 Å². The Morgan fingerprint density at radius 3 is 2.75 bits per heavy atom. The van der Waals surface area contributed by atoms with E-state index in [0.717, 1.165) is 37.0 Å². The average Bonchev–Trinajstić information content (AvgIpc) is 2.88. The van der Waals surface area contributed by atoms with Crippen molar-refractivity contribution in [1.29, 1.82) is 0 Å². The van der Waals surface area contributed by atoms with Gasteiger partial charge in [0.05, 0.1) is 24.1 Å².